The number of para-hydroxylation sites is 1. The fourth-order valence-corrected chi connectivity index (χ4v) is 4.31. The van der Waals surface area contributed by atoms with E-state index in [1.54, 1.807) is 0 Å². The predicted molar refractivity (Wildman–Crippen MR) is 123 cm³/mol. The molecule has 0 bridgehead atoms. The molecular weight excluding hydrogens is 382 g/mol. The standard InChI is InChI=1S/C27H25N3O/c1-20-13-15-22(16-14-20)26-25-12-7-17-29(25)24-11-6-5-10-23(24)19-30(26)27(31)28-18-21-8-3-2-4-9-21/h2-17,26H,18-19H2,1H3,(H,28,31)/t26-/m1/s1. The second-order valence-corrected chi connectivity index (χ2v) is 8.02. The lowest BCUT2D eigenvalue weighted by Gasteiger charge is -2.31. The molecule has 1 aliphatic rings. The van der Waals surface area contributed by atoms with Crippen molar-refractivity contribution in [3.8, 4) is 5.69 Å². The van der Waals surface area contributed by atoms with Crippen LogP contribution in [0, 0.1) is 6.92 Å². The smallest absolute Gasteiger partial charge is 0.318 e. The highest BCUT2D eigenvalue weighted by Gasteiger charge is 2.32. The van der Waals surface area contributed by atoms with Gasteiger partial charge in [0.2, 0.25) is 0 Å². The topological polar surface area (TPSA) is 37.3 Å². The van der Waals surface area contributed by atoms with E-state index in [-0.39, 0.29) is 12.1 Å². The normalized spacial score (nSPS) is 15.0. The largest absolute Gasteiger partial charge is 0.334 e. The van der Waals surface area contributed by atoms with Crippen LogP contribution in [0.2, 0.25) is 0 Å². The zero-order valence-electron chi connectivity index (χ0n) is 17.5. The Hall–Kier alpha value is -3.79. The number of hydrogen-bond donors (Lipinski definition) is 1. The summed E-state index contributed by atoms with van der Waals surface area (Å²) in [4.78, 5) is 15.5. The molecule has 1 aromatic heterocycles. The van der Waals surface area contributed by atoms with Gasteiger partial charge in [0.15, 0.2) is 0 Å². The first-order chi connectivity index (χ1) is 15.2. The van der Waals surface area contributed by atoms with Gasteiger partial charge in [-0.3, -0.25) is 0 Å². The van der Waals surface area contributed by atoms with Gasteiger partial charge in [0.25, 0.3) is 0 Å². The lowest BCUT2D eigenvalue weighted by Crippen LogP contribution is -2.41. The maximum atomic E-state index is 13.5. The van der Waals surface area contributed by atoms with Crippen LogP contribution in [0.5, 0.6) is 0 Å². The highest BCUT2D eigenvalue weighted by Crippen LogP contribution is 2.36. The van der Waals surface area contributed by atoms with E-state index in [0.717, 1.165) is 28.1 Å². The van der Waals surface area contributed by atoms with E-state index in [4.69, 9.17) is 0 Å². The maximum Gasteiger partial charge on any atom is 0.318 e. The van der Waals surface area contributed by atoms with Crippen molar-refractivity contribution in [3.05, 3.63) is 125 Å². The summed E-state index contributed by atoms with van der Waals surface area (Å²) < 4.78 is 2.21. The van der Waals surface area contributed by atoms with Crippen molar-refractivity contribution >= 4 is 6.03 Å². The summed E-state index contributed by atoms with van der Waals surface area (Å²) in [5, 5.41) is 3.14. The van der Waals surface area contributed by atoms with E-state index in [1.807, 2.05) is 41.3 Å². The van der Waals surface area contributed by atoms with Gasteiger partial charge < -0.3 is 14.8 Å². The van der Waals surface area contributed by atoms with Crippen molar-refractivity contribution < 1.29 is 4.79 Å². The van der Waals surface area contributed by atoms with Crippen molar-refractivity contribution in [2.75, 3.05) is 0 Å². The Balaban J connectivity index is 1.56. The van der Waals surface area contributed by atoms with E-state index in [1.165, 1.54) is 5.56 Å². The van der Waals surface area contributed by atoms with Gasteiger partial charge in [-0.05, 0) is 41.8 Å². The summed E-state index contributed by atoms with van der Waals surface area (Å²) in [5.41, 5.74) is 6.73. The van der Waals surface area contributed by atoms with E-state index in [0.29, 0.717) is 13.1 Å². The average Bonchev–Trinajstić information content (AvgIpc) is 3.23. The van der Waals surface area contributed by atoms with Crippen LogP contribution in [0.4, 0.5) is 4.79 Å². The van der Waals surface area contributed by atoms with Crippen LogP contribution in [-0.2, 0) is 13.1 Å². The number of aromatic nitrogens is 1. The fourth-order valence-electron chi connectivity index (χ4n) is 4.31. The first-order valence-corrected chi connectivity index (χ1v) is 10.6. The van der Waals surface area contributed by atoms with Crippen molar-refractivity contribution in [2.45, 2.75) is 26.1 Å². The van der Waals surface area contributed by atoms with Gasteiger partial charge in [-0.2, -0.15) is 0 Å². The number of hydrogen-bond acceptors (Lipinski definition) is 1. The second kappa shape index (κ2) is 8.15. The van der Waals surface area contributed by atoms with E-state index in [9.17, 15) is 4.79 Å². The summed E-state index contributed by atoms with van der Waals surface area (Å²) in [5.74, 6) is 0. The quantitative estimate of drug-likeness (QED) is 0.472. The van der Waals surface area contributed by atoms with Crippen LogP contribution < -0.4 is 5.32 Å². The molecule has 0 aliphatic carbocycles. The average molecular weight is 408 g/mol. The zero-order chi connectivity index (χ0) is 21.2. The molecular formula is C27H25N3O. The highest BCUT2D eigenvalue weighted by atomic mass is 16.2. The van der Waals surface area contributed by atoms with Crippen LogP contribution in [0.3, 0.4) is 0 Å². The number of fused-ring (bicyclic) bond motifs is 3. The maximum absolute atomic E-state index is 13.5. The van der Waals surface area contributed by atoms with Gasteiger partial charge in [0, 0.05) is 18.4 Å². The molecule has 1 atom stereocenters. The van der Waals surface area contributed by atoms with Crippen LogP contribution in [0.25, 0.3) is 5.69 Å². The van der Waals surface area contributed by atoms with Gasteiger partial charge in [0.1, 0.15) is 0 Å². The fraction of sp³-hybridized carbons (Fsp3) is 0.148. The van der Waals surface area contributed by atoms with Gasteiger partial charge in [-0.15, -0.1) is 0 Å². The molecule has 5 rings (SSSR count). The summed E-state index contributed by atoms with van der Waals surface area (Å²) in [7, 11) is 0. The number of urea groups is 1. The van der Waals surface area contributed by atoms with Gasteiger partial charge in [-0.25, -0.2) is 4.79 Å². The molecule has 0 saturated carbocycles. The number of carbonyl (C=O) groups is 1. The first kappa shape index (κ1) is 19.2. The number of carbonyl (C=O) groups excluding carboxylic acids is 1. The van der Waals surface area contributed by atoms with Gasteiger partial charge in [-0.1, -0.05) is 78.4 Å². The Bertz CT molecular complexity index is 1190. The minimum Gasteiger partial charge on any atom is -0.334 e. The highest BCUT2D eigenvalue weighted by molar-refractivity contribution is 5.76. The molecule has 1 N–H and O–H groups in total. The summed E-state index contributed by atoms with van der Waals surface area (Å²) in [6.45, 7) is 3.12. The number of amides is 2. The van der Waals surface area contributed by atoms with Crippen LogP contribution in [-0.4, -0.2) is 15.5 Å². The molecule has 0 unspecified atom stereocenters. The lowest BCUT2D eigenvalue weighted by molar-refractivity contribution is 0.180. The number of nitrogens with zero attached hydrogens (tertiary/aromatic N) is 2. The molecule has 4 heteroatoms. The Morgan fingerprint density at radius 2 is 1.65 bits per heavy atom. The molecule has 154 valence electrons. The van der Waals surface area contributed by atoms with Crippen LogP contribution in [0.1, 0.15) is 34.0 Å². The van der Waals surface area contributed by atoms with Crippen molar-refractivity contribution in [3.63, 3.8) is 0 Å². The Labute approximate surface area is 182 Å². The number of nitrogens with one attached hydrogen (secondary N) is 1. The molecule has 0 saturated heterocycles. The molecule has 0 fully saturated rings. The van der Waals surface area contributed by atoms with Crippen LogP contribution >= 0.6 is 0 Å². The molecule has 1 aliphatic heterocycles. The molecule has 0 spiro atoms. The number of benzene rings is 3. The van der Waals surface area contributed by atoms with Crippen molar-refractivity contribution in [1.82, 2.24) is 14.8 Å². The molecule has 31 heavy (non-hydrogen) atoms. The van der Waals surface area contributed by atoms with E-state index in [2.05, 4.69) is 77.6 Å². The third-order valence-electron chi connectivity index (χ3n) is 5.90. The second-order valence-electron chi connectivity index (χ2n) is 8.02. The number of aryl methyl sites for hydroxylation is 1. The van der Waals surface area contributed by atoms with E-state index >= 15 is 0 Å². The van der Waals surface area contributed by atoms with Gasteiger partial charge >= 0.3 is 6.03 Å². The molecule has 2 heterocycles. The summed E-state index contributed by atoms with van der Waals surface area (Å²) in [6.07, 6.45) is 2.08. The minimum atomic E-state index is -0.182. The van der Waals surface area contributed by atoms with Crippen molar-refractivity contribution in [2.24, 2.45) is 0 Å². The Morgan fingerprint density at radius 1 is 0.903 bits per heavy atom. The molecule has 0 radical (unpaired) electrons. The monoisotopic (exact) mass is 407 g/mol. The number of rotatable bonds is 3. The molecule has 4 aromatic rings. The van der Waals surface area contributed by atoms with Gasteiger partial charge in [0.05, 0.1) is 18.3 Å². The summed E-state index contributed by atoms with van der Waals surface area (Å²) >= 11 is 0. The summed E-state index contributed by atoms with van der Waals surface area (Å²) in [6, 6.07) is 30.7. The SMILES string of the molecule is Cc1ccc([C@@H]2c3cccn3-c3ccccc3CN2C(=O)NCc2ccccc2)cc1. The molecule has 4 nitrogen and oxygen atoms in total. The van der Waals surface area contributed by atoms with Crippen LogP contribution in [0.15, 0.2) is 97.2 Å². The van der Waals surface area contributed by atoms with E-state index < -0.39 is 0 Å². The zero-order valence-corrected chi connectivity index (χ0v) is 17.5. The molecule has 3 aromatic carbocycles. The predicted octanol–water partition coefficient (Wildman–Crippen LogP) is 5.60. The first-order valence-electron chi connectivity index (χ1n) is 10.6. The molecule has 2 amide bonds. The Kier molecular flexibility index (Phi) is 5.04. The minimum absolute atomic E-state index is 0.0705. The third kappa shape index (κ3) is 3.73. The van der Waals surface area contributed by atoms with Crippen molar-refractivity contribution in [1.29, 1.82) is 0 Å². The third-order valence-corrected chi connectivity index (χ3v) is 5.90. The lowest BCUT2D eigenvalue weighted by atomic mass is 10.0. The Morgan fingerprint density at radius 3 is 2.45 bits per heavy atom.